The van der Waals surface area contributed by atoms with E-state index in [-0.39, 0.29) is 0 Å². The van der Waals surface area contributed by atoms with Gasteiger partial charge in [-0.3, -0.25) is 4.79 Å². The Labute approximate surface area is 131 Å². The third kappa shape index (κ3) is 3.09. The average molecular weight is 315 g/mol. The monoisotopic (exact) mass is 315 g/mol. The minimum absolute atomic E-state index is 0.663. The Morgan fingerprint density at radius 2 is 2.14 bits per heavy atom. The number of para-hydroxylation sites is 1. The number of thiazole rings is 1. The minimum atomic E-state index is 0.663. The van der Waals surface area contributed by atoms with E-state index < -0.39 is 0 Å². The number of rotatable bonds is 5. The highest BCUT2D eigenvalue weighted by molar-refractivity contribution is 8.00. The first kappa shape index (κ1) is 14.1. The summed E-state index contributed by atoms with van der Waals surface area (Å²) in [5, 5.41) is 0. The maximum Gasteiger partial charge on any atom is 0.151 e. The zero-order valence-corrected chi connectivity index (χ0v) is 13.0. The van der Waals surface area contributed by atoms with E-state index in [2.05, 4.69) is 11.1 Å². The van der Waals surface area contributed by atoms with E-state index >= 15 is 0 Å². The molecule has 106 valence electrons. The van der Waals surface area contributed by atoms with Crippen LogP contribution in [0.25, 0.3) is 10.2 Å². The maximum absolute atomic E-state index is 10.9. The normalized spacial score (nSPS) is 10.7. The average Bonchev–Trinajstić information content (AvgIpc) is 2.95. The number of carbonyl (C=O) groups excluding carboxylic acids is 1. The molecule has 0 aliphatic heterocycles. The SMILES string of the molecule is COc1ccc(C=O)cc1CSc1nc2ccccc2s1. The van der Waals surface area contributed by atoms with Gasteiger partial charge in [0.25, 0.3) is 0 Å². The van der Waals surface area contributed by atoms with Gasteiger partial charge in [-0.1, -0.05) is 23.9 Å². The van der Waals surface area contributed by atoms with Gasteiger partial charge in [-0.15, -0.1) is 11.3 Å². The summed E-state index contributed by atoms with van der Waals surface area (Å²) in [5.74, 6) is 1.53. The lowest BCUT2D eigenvalue weighted by Gasteiger charge is -2.07. The second-order valence-electron chi connectivity index (χ2n) is 4.43. The number of aldehydes is 1. The largest absolute Gasteiger partial charge is 0.496 e. The summed E-state index contributed by atoms with van der Waals surface area (Å²) < 4.78 is 7.56. The van der Waals surface area contributed by atoms with Crippen LogP contribution in [0.3, 0.4) is 0 Å². The van der Waals surface area contributed by atoms with Gasteiger partial charge >= 0.3 is 0 Å². The van der Waals surface area contributed by atoms with Crippen LogP contribution in [0.5, 0.6) is 5.75 Å². The summed E-state index contributed by atoms with van der Waals surface area (Å²) in [7, 11) is 1.64. The molecule has 0 bridgehead atoms. The molecule has 1 heterocycles. The fourth-order valence-corrected chi connectivity index (χ4v) is 4.08. The molecule has 0 fully saturated rings. The molecule has 0 unspecified atom stereocenters. The van der Waals surface area contributed by atoms with Gasteiger partial charge in [0.15, 0.2) is 4.34 Å². The molecule has 5 heteroatoms. The Morgan fingerprint density at radius 3 is 2.90 bits per heavy atom. The number of aromatic nitrogens is 1. The molecular weight excluding hydrogens is 302 g/mol. The molecule has 0 aliphatic rings. The quantitative estimate of drug-likeness (QED) is 0.516. The van der Waals surface area contributed by atoms with Crippen molar-refractivity contribution in [2.45, 2.75) is 10.1 Å². The molecule has 3 nitrogen and oxygen atoms in total. The highest BCUT2D eigenvalue weighted by atomic mass is 32.2. The molecule has 0 atom stereocenters. The van der Waals surface area contributed by atoms with Crippen molar-refractivity contribution in [3.8, 4) is 5.75 Å². The standard InChI is InChI=1S/C16H13NO2S2/c1-19-14-7-6-11(9-18)8-12(14)10-20-16-17-13-4-2-3-5-15(13)21-16/h2-9H,10H2,1H3. The summed E-state index contributed by atoms with van der Waals surface area (Å²) in [4.78, 5) is 15.5. The second kappa shape index (κ2) is 6.28. The topological polar surface area (TPSA) is 39.2 Å². The van der Waals surface area contributed by atoms with Crippen LogP contribution in [-0.4, -0.2) is 18.4 Å². The molecule has 0 N–H and O–H groups in total. The number of benzene rings is 2. The third-order valence-electron chi connectivity index (χ3n) is 3.07. The first-order valence-electron chi connectivity index (χ1n) is 6.40. The van der Waals surface area contributed by atoms with Gasteiger partial charge in [-0.2, -0.15) is 0 Å². The van der Waals surface area contributed by atoms with Crippen LogP contribution in [-0.2, 0) is 5.75 Å². The van der Waals surface area contributed by atoms with Gasteiger partial charge in [0.05, 0.1) is 17.3 Å². The van der Waals surface area contributed by atoms with Crippen molar-refractivity contribution in [3.63, 3.8) is 0 Å². The Hall–Kier alpha value is -1.85. The summed E-state index contributed by atoms with van der Waals surface area (Å²) >= 11 is 3.34. The highest BCUT2D eigenvalue weighted by Crippen LogP contribution is 2.33. The van der Waals surface area contributed by atoms with Crippen molar-refractivity contribution >= 4 is 39.6 Å². The third-order valence-corrected chi connectivity index (χ3v) is 5.29. The molecule has 0 amide bonds. The van der Waals surface area contributed by atoms with Gasteiger partial charge in [-0.05, 0) is 30.3 Å². The molecule has 21 heavy (non-hydrogen) atoms. The number of hydrogen-bond acceptors (Lipinski definition) is 5. The summed E-state index contributed by atoms with van der Waals surface area (Å²) in [6, 6.07) is 13.6. The summed E-state index contributed by atoms with van der Waals surface area (Å²) in [6.45, 7) is 0. The van der Waals surface area contributed by atoms with Crippen LogP contribution in [0, 0.1) is 0 Å². The number of ether oxygens (including phenoxy) is 1. The first-order valence-corrected chi connectivity index (χ1v) is 8.21. The second-order valence-corrected chi connectivity index (χ2v) is 6.68. The Morgan fingerprint density at radius 1 is 1.29 bits per heavy atom. The van der Waals surface area contributed by atoms with Crippen molar-refractivity contribution in [1.29, 1.82) is 0 Å². The van der Waals surface area contributed by atoms with Gasteiger partial charge < -0.3 is 4.74 Å². The number of methoxy groups -OCH3 is 1. The lowest BCUT2D eigenvalue weighted by Crippen LogP contribution is -1.92. The molecule has 0 spiro atoms. The molecule has 3 aromatic rings. The molecule has 0 radical (unpaired) electrons. The number of nitrogens with zero attached hydrogens (tertiary/aromatic N) is 1. The predicted molar refractivity (Wildman–Crippen MR) is 87.6 cm³/mol. The lowest BCUT2D eigenvalue weighted by atomic mass is 10.1. The van der Waals surface area contributed by atoms with Crippen LogP contribution >= 0.6 is 23.1 Å². The number of carbonyl (C=O) groups is 1. The zero-order chi connectivity index (χ0) is 14.7. The van der Waals surface area contributed by atoms with E-state index in [1.165, 1.54) is 4.70 Å². The fraction of sp³-hybridized carbons (Fsp3) is 0.125. The van der Waals surface area contributed by atoms with Crippen molar-refractivity contribution in [3.05, 3.63) is 53.6 Å². The molecule has 2 aromatic carbocycles. The molecule has 0 aliphatic carbocycles. The van der Waals surface area contributed by atoms with Crippen LogP contribution in [0.15, 0.2) is 46.8 Å². The fourth-order valence-electron chi connectivity index (χ4n) is 2.04. The van der Waals surface area contributed by atoms with E-state index in [9.17, 15) is 4.79 Å². The van der Waals surface area contributed by atoms with Crippen molar-refractivity contribution in [1.82, 2.24) is 4.98 Å². The Balaban J connectivity index is 1.82. The zero-order valence-electron chi connectivity index (χ0n) is 11.4. The lowest BCUT2D eigenvalue weighted by molar-refractivity contribution is 0.112. The van der Waals surface area contributed by atoms with E-state index in [0.717, 1.165) is 33.2 Å². The van der Waals surface area contributed by atoms with Crippen LogP contribution in [0.2, 0.25) is 0 Å². The molecule has 3 rings (SSSR count). The van der Waals surface area contributed by atoms with E-state index in [0.29, 0.717) is 5.56 Å². The van der Waals surface area contributed by atoms with E-state index in [1.807, 2.05) is 30.3 Å². The molecule has 0 saturated carbocycles. The molecular formula is C16H13NO2S2. The predicted octanol–water partition coefficient (Wildman–Crippen LogP) is 4.41. The van der Waals surface area contributed by atoms with Gasteiger partial charge in [-0.25, -0.2) is 4.98 Å². The van der Waals surface area contributed by atoms with Crippen LogP contribution < -0.4 is 4.74 Å². The summed E-state index contributed by atoms with van der Waals surface area (Å²) in [5.41, 5.74) is 2.70. The van der Waals surface area contributed by atoms with Crippen molar-refractivity contribution in [2.24, 2.45) is 0 Å². The van der Waals surface area contributed by atoms with Crippen molar-refractivity contribution < 1.29 is 9.53 Å². The number of thioether (sulfide) groups is 1. The van der Waals surface area contributed by atoms with Gasteiger partial charge in [0.1, 0.15) is 12.0 Å². The molecule has 1 aromatic heterocycles. The number of fused-ring (bicyclic) bond motifs is 1. The maximum atomic E-state index is 10.9. The molecule has 0 saturated heterocycles. The minimum Gasteiger partial charge on any atom is -0.496 e. The Kier molecular flexibility index (Phi) is 4.22. The van der Waals surface area contributed by atoms with Crippen LogP contribution in [0.1, 0.15) is 15.9 Å². The van der Waals surface area contributed by atoms with Crippen molar-refractivity contribution in [2.75, 3.05) is 7.11 Å². The number of hydrogen-bond donors (Lipinski definition) is 0. The summed E-state index contributed by atoms with van der Waals surface area (Å²) in [6.07, 6.45) is 0.852. The van der Waals surface area contributed by atoms with Crippen LogP contribution in [0.4, 0.5) is 0 Å². The smallest absolute Gasteiger partial charge is 0.151 e. The van der Waals surface area contributed by atoms with E-state index in [1.54, 1.807) is 36.3 Å². The highest BCUT2D eigenvalue weighted by Gasteiger charge is 2.08. The van der Waals surface area contributed by atoms with Gasteiger partial charge in [0, 0.05) is 16.9 Å². The van der Waals surface area contributed by atoms with Gasteiger partial charge in [0.2, 0.25) is 0 Å². The first-order chi connectivity index (χ1) is 10.3. The Bertz CT molecular complexity index is 750. The van der Waals surface area contributed by atoms with E-state index in [4.69, 9.17) is 4.74 Å².